The molecule has 1 saturated heterocycles. The average Bonchev–Trinajstić information content (AvgIpc) is 3.28. The predicted octanol–water partition coefficient (Wildman–Crippen LogP) is 2.87. The molecule has 1 amide bonds. The van der Waals surface area contributed by atoms with Crippen LogP contribution in [0.2, 0.25) is 0 Å². The highest BCUT2D eigenvalue weighted by molar-refractivity contribution is 7.22. The smallest absolute Gasteiger partial charge is 0.251 e. The second kappa shape index (κ2) is 10.1. The molecule has 0 aliphatic carbocycles. The molecular weight excluding hydrogens is 428 g/mol. The van der Waals surface area contributed by atoms with Crippen LogP contribution >= 0.6 is 11.3 Å². The highest BCUT2D eigenvalue weighted by Gasteiger charge is 2.21. The van der Waals surface area contributed by atoms with Gasteiger partial charge in [-0.05, 0) is 36.4 Å². The van der Waals surface area contributed by atoms with Gasteiger partial charge in [-0.1, -0.05) is 11.3 Å². The van der Waals surface area contributed by atoms with Gasteiger partial charge in [0.05, 0.1) is 26.0 Å². The van der Waals surface area contributed by atoms with Crippen LogP contribution in [0.25, 0.3) is 10.2 Å². The number of rotatable bonds is 8. The number of nitrogens with one attached hydrogen (secondary N) is 1. The lowest BCUT2D eigenvalue weighted by molar-refractivity contribution is 0.0947. The molecule has 3 aromatic rings. The SMILES string of the molecule is COc1ccc(C(=O)NCCN2CCN(c3nc4c(OC)c(OC)ccc4s3)CC2)cc1. The summed E-state index contributed by atoms with van der Waals surface area (Å²) in [6.07, 6.45) is 0. The van der Waals surface area contributed by atoms with Crippen LogP contribution in [-0.2, 0) is 0 Å². The van der Waals surface area contributed by atoms with E-state index >= 15 is 0 Å². The van der Waals surface area contributed by atoms with Gasteiger partial charge in [-0.25, -0.2) is 4.98 Å². The van der Waals surface area contributed by atoms with Gasteiger partial charge >= 0.3 is 0 Å². The summed E-state index contributed by atoms with van der Waals surface area (Å²) in [4.78, 5) is 21.8. The van der Waals surface area contributed by atoms with Gasteiger partial charge in [-0.3, -0.25) is 9.69 Å². The van der Waals surface area contributed by atoms with Gasteiger partial charge < -0.3 is 24.4 Å². The fourth-order valence-electron chi connectivity index (χ4n) is 3.77. The second-order valence-corrected chi connectivity index (χ2v) is 8.47. The third-order valence-corrected chi connectivity index (χ3v) is 6.68. The molecule has 0 atom stereocenters. The monoisotopic (exact) mass is 456 g/mol. The second-order valence-electron chi connectivity index (χ2n) is 7.46. The van der Waals surface area contributed by atoms with Crippen molar-refractivity contribution in [2.75, 3.05) is 65.5 Å². The van der Waals surface area contributed by atoms with Crippen LogP contribution in [0.15, 0.2) is 36.4 Å². The lowest BCUT2D eigenvalue weighted by Crippen LogP contribution is -2.48. The molecule has 4 rings (SSSR count). The van der Waals surface area contributed by atoms with E-state index in [-0.39, 0.29) is 5.91 Å². The van der Waals surface area contributed by atoms with Crippen molar-refractivity contribution in [2.45, 2.75) is 0 Å². The van der Waals surface area contributed by atoms with Crippen LogP contribution in [0.1, 0.15) is 10.4 Å². The Bertz CT molecular complexity index is 1060. The van der Waals surface area contributed by atoms with Crippen molar-refractivity contribution in [2.24, 2.45) is 0 Å². The molecule has 2 heterocycles. The molecule has 2 aromatic carbocycles. The minimum Gasteiger partial charge on any atom is -0.497 e. The molecule has 32 heavy (non-hydrogen) atoms. The maximum Gasteiger partial charge on any atom is 0.251 e. The number of methoxy groups -OCH3 is 3. The molecule has 9 heteroatoms. The van der Waals surface area contributed by atoms with E-state index in [0.29, 0.717) is 23.6 Å². The fourth-order valence-corrected chi connectivity index (χ4v) is 4.78. The summed E-state index contributed by atoms with van der Waals surface area (Å²) in [5.74, 6) is 2.05. The molecule has 1 N–H and O–H groups in total. The number of ether oxygens (including phenoxy) is 3. The number of hydrogen-bond acceptors (Lipinski definition) is 8. The van der Waals surface area contributed by atoms with Gasteiger partial charge in [0.1, 0.15) is 11.3 Å². The molecule has 0 bridgehead atoms. The van der Waals surface area contributed by atoms with Crippen molar-refractivity contribution in [1.82, 2.24) is 15.2 Å². The average molecular weight is 457 g/mol. The maximum atomic E-state index is 12.3. The normalized spacial score (nSPS) is 14.4. The van der Waals surface area contributed by atoms with Crippen molar-refractivity contribution < 1.29 is 19.0 Å². The summed E-state index contributed by atoms with van der Waals surface area (Å²) < 4.78 is 17.1. The number of carbonyl (C=O) groups excluding carboxylic acids is 1. The number of aromatic nitrogens is 1. The molecule has 1 aliphatic rings. The summed E-state index contributed by atoms with van der Waals surface area (Å²) in [6, 6.07) is 11.1. The number of anilines is 1. The Balaban J connectivity index is 1.28. The fraction of sp³-hybridized carbons (Fsp3) is 0.391. The molecule has 1 aromatic heterocycles. The first-order chi connectivity index (χ1) is 15.6. The highest BCUT2D eigenvalue weighted by atomic mass is 32.1. The van der Waals surface area contributed by atoms with E-state index in [1.165, 1.54) is 0 Å². The number of fused-ring (bicyclic) bond motifs is 1. The molecule has 170 valence electrons. The van der Waals surface area contributed by atoms with Crippen LogP contribution in [0, 0.1) is 0 Å². The first-order valence-corrected chi connectivity index (χ1v) is 11.4. The van der Waals surface area contributed by atoms with Crippen molar-refractivity contribution in [3.63, 3.8) is 0 Å². The Morgan fingerprint density at radius 1 is 1.00 bits per heavy atom. The summed E-state index contributed by atoms with van der Waals surface area (Å²) in [5.41, 5.74) is 1.48. The lowest BCUT2D eigenvalue weighted by atomic mass is 10.2. The Morgan fingerprint density at radius 3 is 2.41 bits per heavy atom. The largest absolute Gasteiger partial charge is 0.497 e. The number of thiazole rings is 1. The summed E-state index contributed by atoms with van der Waals surface area (Å²) in [5, 5.41) is 4.00. The predicted molar refractivity (Wildman–Crippen MR) is 127 cm³/mol. The van der Waals surface area contributed by atoms with Gasteiger partial charge in [0.25, 0.3) is 5.91 Å². The third-order valence-electron chi connectivity index (χ3n) is 5.60. The number of nitrogens with zero attached hydrogens (tertiary/aromatic N) is 3. The molecule has 0 spiro atoms. The van der Waals surface area contributed by atoms with Crippen LogP contribution in [-0.4, -0.2) is 76.4 Å². The first-order valence-electron chi connectivity index (χ1n) is 10.5. The number of carbonyl (C=O) groups is 1. The third kappa shape index (κ3) is 4.73. The standard InChI is InChI=1S/C23H28N4O4S/c1-29-17-6-4-16(5-7-17)22(28)24-10-11-26-12-14-27(15-13-26)23-25-20-19(32-23)9-8-18(30-2)21(20)31-3/h4-9H,10-15H2,1-3H3,(H,24,28). The number of amides is 1. The Kier molecular flexibility index (Phi) is 6.96. The van der Waals surface area contributed by atoms with E-state index < -0.39 is 0 Å². The minimum atomic E-state index is -0.0647. The molecule has 8 nitrogen and oxygen atoms in total. The summed E-state index contributed by atoms with van der Waals surface area (Å²) in [7, 11) is 4.89. The zero-order valence-electron chi connectivity index (χ0n) is 18.6. The van der Waals surface area contributed by atoms with Crippen molar-refractivity contribution >= 4 is 32.6 Å². The highest BCUT2D eigenvalue weighted by Crippen LogP contribution is 2.40. The van der Waals surface area contributed by atoms with Gasteiger partial charge in [0.2, 0.25) is 0 Å². The number of piperazine rings is 1. The van der Waals surface area contributed by atoms with Crippen LogP contribution < -0.4 is 24.4 Å². The van der Waals surface area contributed by atoms with E-state index in [9.17, 15) is 4.79 Å². The van der Waals surface area contributed by atoms with E-state index in [1.54, 1.807) is 56.9 Å². The van der Waals surface area contributed by atoms with Crippen LogP contribution in [0.4, 0.5) is 5.13 Å². The van der Waals surface area contributed by atoms with Gasteiger partial charge in [0.15, 0.2) is 16.6 Å². The summed E-state index contributed by atoms with van der Waals surface area (Å²) >= 11 is 1.67. The lowest BCUT2D eigenvalue weighted by Gasteiger charge is -2.34. The van der Waals surface area contributed by atoms with Gasteiger partial charge in [-0.15, -0.1) is 0 Å². The molecule has 0 radical (unpaired) electrons. The number of hydrogen-bond donors (Lipinski definition) is 1. The summed E-state index contributed by atoms with van der Waals surface area (Å²) in [6.45, 7) is 5.07. The van der Waals surface area contributed by atoms with Crippen molar-refractivity contribution in [3.05, 3.63) is 42.0 Å². The Morgan fingerprint density at radius 2 is 1.75 bits per heavy atom. The minimum absolute atomic E-state index is 0.0647. The topological polar surface area (TPSA) is 76.2 Å². The zero-order chi connectivity index (χ0) is 22.5. The molecule has 0 unspecified atom stereocenters. The van der Waals surface area contributed by atoms with Gasteiger partial charge in [-0.2, -0.15) is 0 Å². The first kappa shape index (κ1) is 22.2. The Hall–Kier alpha value is -3.04. The van der Waals surface area contributed by atoms with Crippen molar-refractivity contribution in [3.8, 4) is 17.2 Å². The molecule has 0 saturated carbocycles. The molecule has 1 fully saturated rings. The zero-order valence-corrected chi connectivity index (χ0v) is 19.4. The number of benzene rings is 2. The van der Waals surface area contributed by atoms with E-state index in [1.807, 2.05) is 12.1 Å². The molecular formula is C23H28N4O4S. The quantitative estimate of drug-likeness (QED) is 0.559. The van der Waals surface area contributed by atoms with Crippen LogP contribution in [0.5, 0.6) is 17.2 Å². The van der Waals surface area contributed by atoms with E-state index in [4.69, 9.17) is 19.2 Å². The van der Waals surface area contributed by atoms with Gasteiger partial charge in [0, 0.05) is 44.8 Å². The van der Waals surface area contributed by atoms with Crippen molar-refractivity contribution in [1.29, 1.82) is 0 Å². The Labute approximate surface area is 191 Å². The van der Waals surface area contributed by atoms with E-state index in [0.717, 1.165) is 53.8 Å². The van der Waals surface area contributed by atoms with E-state index in [2.05, 4.69) is 15.1 Å². The maximum absolute atomic E-state index is 12.3. The van der Waals surface area contributed by atoms with Crippen LogP contribution in [0.3, 0.4) is 0 Å². The molecule has 1 aliphatic heterocycles.